The summed E-state index contributed by atoms with van der Waals surface area (Å²) >= 11 is 0. The van der Waals surface area contributed by atoms with Crippen LogP contribution < -0.4 is 10.2 Å². The van der Waals surface area contributed by atoms with Gasteiger partial charge < -0.3 is 19.8 Å². The van der Waals surface area contributed by atoms with Crippen LogP contribution in [0.25, 0.3) is 0 Å². The zero-order valence-corrected chi connectivity index (χ0v) is 14.6. The molecule has 0 saturated heterocycles. The number of hydrogen-bond acceptors (Lipinski definition) is 4. The normalized spacial score (nSPS) is 8.86. The first-order chi connectivity index (χ1) is 9.40. The second-order valence-electron chi connectivity index (χ2n) is 4.31. The van der Waals surface area contributed by atoms with Crippen molar-refractivity contribution in [2.24, 2.45) is 0 Å². The van der Waals surface area contributed by atoms with Crippen LogP contribution in [0, 0.1) is 13.8 Å². The fraction of sp³-hybridized carbons (Fsp3) is 0.125. The Morgan fingerprint density at radius 1 is 0.667 bits per heavy atom. The summed E-state index contributed by atoms with van der Waals surface area (Å²) in [4.78, 5) is 20.4. The fourth-order valence-corrected chi connectivity index (χ4v) is 1.38. The van der Waals surface area contributed by atoms with Crippen LogP contribution in [-0.4, -0.2) is 35.8 Å². The quantitative estimate of drug-likeness (QED) is 0.694. The number of carbonyl (C=O) groups is 2. The molecule has 0 aliphatic rings. The summed E-state index contributed by atoms with van der Waals surface area (Å²) < 4.78 is 0. The number of aryl methyl sites for hydroxylation is 2. The van der Waals surface area contributed by atoms with Gasteiger partial charge >= 0.3 is 23.9 Å². The zero-order valence-electron chi connectivity index (χ0n) is 11.8. The molecule has 0 bridgehead atoms. The van der Waals surface area contributed by atoms with Gasteiger partial charge in [0.15, 0.2) is 0 Å². The Labute approximate surface area is 140 Å². The van der Waals surface area contributed by atoms with Gasteiger partial charge in [0.1, 0.15) is 0 Å². The fourth-order valence-electron chi connectivity index (χ4n) is 1.38. The summed E-state index contributed by atoms with van der Waals surface area (Å²) in [5.74, 6) is -2.25. The van der Waals surface area contributed by atoms with E-state index < -0.39 is 11.9 Å². The van der Waals surface area contributed by atoms with E-state index in [1.54, 1.807) is 24.3 Å². The standard InChI is InChI=1S/2C8H8O2.Sn/c2*1-6-2-4-7(5-3-6)8(9)10;/h2*2-5H,1H3,(H,9,10);/q;;+2/p-2. The molecule has 106 valence electrons. The van der Waals surface area contributed by atoms with Crippen LogP contribution >= 0.6 is 0 Å². The van der Waals surface area contributed by atoms with E-state index in [4.69, 9.17) is 0 Å². The predicted molar refractivity (Wildman–Crippen MR) is 76.8 cm³/mol. The number of hydrogen-bond donors (Lipinski definition) is 0. The Bertz CT molecular complexity index is 533. The first-order valence-corrected chi connectivity index (χ1v) is 5.96. The number of rotatable bonds is 2. The summed E-state index contributed by atoms with van der Waals surface area (Å²) in [7, 11) is 0. The summed E-state index contributed by atoms with van der Waals surface area (Å²) in [6.07, 6.45) is 0. The zero-order chi connectivity index (χ0) is 15.1. The van der Waals surface area contributed by atoms with Gasteiger partial charge in [0.2, 0.25) is 0 Å². The van der Waals surface area contributed by atoms with Crippen molar-refractivity contribution in [1.29, 1.82) is 0 Å². The molecule has 0 atom stereocenters. The second-order valence-corrected chi connectivity index (χ2v) is 4.31. The third-order valence-electron chi connectivity index (χ3n) is 2.57. The van der Waals surface area contributed by atoms with Gasteiger partial charge in [0.25, 0.3) is 0 Å². The van der Waals surface area contributed by atoms with Crippen molar-refractivity contribution in [2.45, 2.75) is 13.8 Å². The maximum Gasteiger partial charge on any atom is 2.00 e. The molecule has 2 aromatic rings. The van der Waals surface area contributed by atoms with Crippen LogP contribution in [-0.2, 0) is 0 Å². The van der Waals surface area contributed by atoms with Crippen molar-refractivity contribution in [3.63, 3.8) is 0 Å². The number of aromatic carboxylic acids is 2. The summed E-state index contributed by atoms with van der Waals surface area (Å²) in [5, 5.41) is 20.4. The molecule has 0 aromatic heterocycles. The summed E-state index contributed by atoms with van der Waals surface area (Å²) in [6.45, 7) is 3.80. The SMILES string of the molecule is Cc1ccc(C(=O)[O-])cc1.Cc1ccc(C(=O)[O-])cc1.[Sn+2]. The molecular formula is C16H14O4Sn. The van der Waals surface area contributed by atoms with Gasteiger partial charge in [-0.25, -0.2) is 0 Å². The molecule has 0 aliphatic heterocycles. The van der Waals surface area contributed by atoms with E-state index in [-0.39, 0.29) is 35.0 Å². The van der Waals surface area contributed by atoms with Crippen molar-refractivity contribution >= 4 is 35.8 Å². The second kappa shape index (κ2) is 9.18. The Kier molecular flexibility index (Phi) is 8.38. The molecule has 0 spiro atoms. The Morgan fingerprint density at radius 2 is 0.905 bits per heavy atom. The van der Waals surface area contributed by atoms with Crippen molar-refractivity contribution in [3.05, 3.63) is 70.8 Å². The van der Waals surface area contributed by atoms with Gasteiger partial charge in [0.05, 0.1) is 11.9 Å². The molecule has 2 aromatic carbocycles. The molecule has 0 heterocycles. The van der Waals surface area contributed by atoms with Crippen LogP contribution in [0.5, 0.6) is 0 Å². The molecule has 21 heavy (non-hydrogen) atoms. The van der Waals surface area contributed by atoms with E-state index in [2.05, 4.69) is 0 Å². The van der Waals surface area contributed by atoms with Gasteiger partial charge in [0, 0.05) is 0 Å². The molecule has 4 nitrogen and oxygen atoms in total. The molecule has 2 radical (unpaired) electrons. The van der Waals surface area contributed by atoms with Crippen LogP contribution in [0.4, 0.5) is 0 Å². The smallest absolute Gasteiger partial charge is 0.545 e. The first-order valence-electron chi connectivity index (χ1n) is 5.96. The first kappa shape index (κ1) is 19.2. The van der Waals surface area contributed by atoms with Gasteiger partial charge in [-0.05, 0) is 25.0 Å². The molecule has 0 fully saturated rings. The molecule has 0 amide bonds. The van der Waals surface area contributed by atoms with E-state index in [1.165, 1.54) is 24.3 Å². The van der Waals surface area contributed by atoms with Crippen molar-refractivity contribution in [3.8, 4) is 0 Å². The number of benzene rings is 2. The molecule has 0 unspecified atom stereocenters. The van der Waals surface area contributed by atoms with Gasteiger partial charge in [-0.15, -0.1) is 0 Å². The van der Waals surface area contributed by atoms with E-state index in [0.29, 0.717) is 0 Å². The third kappa shape index (κ3) is 6.94. The van der Waals surface area contributed by atoms with E-state index in [9.17, 15) is 19.8 Å². The Balaban J connectivity index is 0.000000364. The minimum absolute atomic E-state index is 0. The van der Waals surface area contributed by atoms with Crippen LogP contribution in [0.15, 0.2) is 48.5 Å². The van der Waals surface area contributed by atoms with E-state index in [1.807, 2.05) is 13.8 Å². The third-order valence-corrected chi connectivity index (χ3v) is 2.57. The number of carbonyl (C=O) groups excluding carboxylic acids is 2. The number of carboxylic acid groups (broad SMARTS) is 2. The average Bonchev–Trinajstić information content (AvgIpc) is 2.40. The summed E-state index contributed by atoms with van der Waals surface area (Å²) in [6, 6.07) is 13.1. The van der Waals surface area contributed by atoms with Crippen LogP contribution in [0.1, 0.15) is 31.8 Å². The largest absolute Gasteiger partial charge is 2.00 e. The van der Waals surface area contributed by atoms with Gasteiger partial charge in [-0.3, -0.25) is 0 Å². The van der Waals surface area contributed by atoms with Crippen molar-refractivity contribution < 1.29 is 19.8 Å². The minimum atomic E-state index is -1.12. The predicted octanol–water partition coefficient (Wildman–Crippen LogP) is 0.336. The molecule has 0 aliphatic carbocycles. The van der Waals surface area contributed by atoms with Crippen LogP contribution in [0.2, 0.25) is 0 Å². The molecule has 0 saturated carbocycles. The van der Waals surface area contributed by atoms with Crippen molar-refractivity contribution in [1.82, 2.24) is 0 Å². The van der Waals surface area contributed by atoms with Crippen molar-refractivity contribution in [2.75, 3.05) is 0 Å². The maximum absolute atomic E-state index is 10.2. The average molecular weight is 389 g/mol. The number of carboxylic acids is 2. The minimum Gasteiger partial charge on any atom is -0.545 e. The molecular weight excluding hydrogens is 375 g/mol. The molecule has 5 heteroatoms. The Hall–Kier alpha value is -1.82. The van der Waals surface area contributed by atoms with Gasteiger partial charge in [-0.1, -0.05) is 59.7 Å². The maximum atomic E-state index is 10.2. The van der Waals surface area contributed by atoms with Gasteiger partial charge in [-0.2, -0.15) is 0 Å². The molecule has 2 rings (SSSR count). The Morgan fingerprint density at radius 3 is 1.10 bits per heavy atom. The van der Waals surface area contributed by atoms with E-state index in [0.717, 1.165) is 11.1 Å². The summed E-state index contributed by atoms with van der Waals surface area (Å²) in [5.41, 5.74) is 2.55. The molecule has 0 N–H and O–H groups in total. The van der Waals surface area contributed by atoms with Crippen LogP contribution in [0.3, 0.4) is 0 Å². The topological polar surface area (TPSA) is 80.3 Å². The van der Waals surface area contributed by atoms with E-state index >= 15 is 0 Å². The monoisotopic (exact) mass is 390 g/mol.